The molecule has 1 saturated heterocycles. The fourth-order valence-electron chi connectivity index (χ4n) is 2.72. The van der Waals surface area contributed by atoms with Crippen molar-refractivity contribution in [1.82, 2.24) is 14.9 Å². The summed E-state index contributed by atoms with van der Waals surface area (Å²) in [7, 11) is 1.34. The van der Waals surface area contributed by atoms with Gasteiger partial charge in [-0.15, -0.1) is 0 Å². The number of aromatic nitrogens is 2. The number of ether oxygens (including phenoxy) is 1. The number of likely N-dealkylation sites (tertiary alicyclic amines) is 1. The Labute approximate surface area is 146 Å². The van der Waals surface area contributed by atoms with Crippen molar-refractivity contribution in [3.63, 3.8) is 0 Å². The van der Waals surface area contributed by atoms with Crippen LogP contribution in [0.15, 0.2) is 36.7 Å². The van der Waals surface area contributed by atoms with Crippen molar-refractivity contribution in [2.45, 2.75) is 19.3 Å². The molecule has 1 N–H and O–H groups in total. The highest BCUT2D eigenvalue weighted by atomic mass is 16.5. The van der Waals surface area contributed by atoms with Crippen molar-refractivity contribution in [2.24, 2.45) is 0 Å². The van der Waals surface area contributed by atoms with E-state index in [0.717, 1.165) is 31.6 Å². The molecule has 0 atom stereocenters. The molecule has 7 heteroatoms. The molecule has 0 radical (unpaired) electrons. The van der Waals surface area contributed by atoms with Gasteiger partial charge >= 0.3 is 5.97 Å². The average molecular weight is 340 g/mol. The Morgan fingerprint density at radius 1 is 1.00 bits per heavy atom. The number of esters is 1. The second-order valence-corrected chi connectivity index (χ2v) is 5.84. The predicted molar refractivity (Wildman–Crippen MR) is 92.9 cm³/mol. The SMILES string of the molecule is COC(=O)c1ccc(Nc2ncc(C(=O)N3CCCCC3)cn2)cc1. The largest absolute Gasteiger partial charge is 0.465 e. The Morgan fingerprint density at radius 2 is 1.64 bits per heavy atom. The van der Waals surface area contributed by atoms with Crippen LogP contribution in [-0.2, 0) is 4.74 Å². The van der Waals surface area contributed by atoms with E-state index in [9.17, 15) is 9.59 Å². The molecule has 2 heterocycles. The van der Waals surface area contributed by atoms with E-state index in [1.54, 1.807) is 24.3 Å². The number of amides is 1. The molecule has 1 aliphatic heterocycles. The van der Waals surface area contributed by atoms with Gasteiger partial charge in [-0.05, 0) is 43.5 Å². The van der Waals surface area contributed by atoms with Crippen LogP contribution in [0.4, 0.5) is 11.6 Å². The third-order valence-corrected chi connectivity index (χ3v) is 4.10. The Balaban J connectivity index is 1.64. The lowest BCUT2D eigenvalue weighted by Crippen LogP contribution is -2.35. The van der Waals surface area contributed by atoms with Gasteiger partial charge in [0, 0.05) is 31.2 Å². The van der Waals surface area contributed by atoms with Gasteiger partial charge in [-0.2, -0.15) is 0 Å². The summed E-state index contributed by atoms with van der Waals surface area (Å²) in [5.41, 5.74) is 1.70. The fraction of sp³-hybridized carbons (Fsp3) is 0.333. The molecule has 0 saturated carbocycles. The van der Waals surface area contributed by atoms with Gasteiger partial charge in [0.25, 0.3) is 5.91 Å². The smallest absolute Gasteiger partial charge is 0.337 e. The van der Waals surface area contributed by atoms with E-state index in [4.69, 9.17) is 0 Å². The van der Waals surface area contributed by atoms with Crippen LogP contribution in [0.2, 0.25) is 0 Å². The Bertz CT molecular complexity index is 738. The van der Waals surface area contributed by atoms with Crippen LogP contribution in [0, 0.1) is 0 Å². The molecule has 25 heavy (non-hydrogen) atoms. The molecule has 1 aliphatic rings. The van der Waals surface area contributed by atoms with Crippen LogP contribution in [0.1, 0.15) is 40.0 Å². The van der Waals surface area contributed by atoms with Crippen LogP contribution in [0.3, 0.4) is 0 Å². The number of piperidine rings is 1. The molecule has 130 valence electrons. The highest BCUT2D eigenvalue weighted by molar-refractivity contribution is 5.93. The maximum absolute atomic E-state index is 12.4. The first kappa shape index (κ1) is 16.9. The second-order valence-electron chi connectivity index (χ2n) is 5.84. The minimum Gasteiger partial charge on any atom is -0.465 e. The summed E-state index contributed by atoms with van der Waals surface area (Å²) in [6.45, 7) is 1.59. The Hall–Kier alpha value is -2.96. The summed E-state index contributed by atoms with van der Waals surface area (Å²) in [4.78, 5) is 34.0. The minimum absolute atomic E-state index is 0.0197. The van der Waals surface area contributed by atoms with Crippen LogP contribution >= 0.6 is 0 Å². The van der Waals surface area contributed by atoms with Gasteiger partial charge in [-0.25, -0.2) is 14.8 Å². The maximum Gasteiger partial charge on any atom is 0.337 e. The zero-order chi connectivity index (χ0) is 17.6. The zero-order valence-corrected chi connectivity index (χ0v) is 14.1. The summed E-state index contributed by atoms with van der Waals surface area (Å²) in [6.07, 6.45) is 6.35. The number of anilines is 2. The molecule has 2 aromatic rings. The van der Waals surface area contributed by atoms with Crippen molar-refractivity contribution < 1.29 is 14.3 Å². The molecule has 3 rings (SSSR count). The predicted octanol–water partition coefficient (Wildman–Crippen LogP) is 2.63. The van der Waals surface area contributed by atoms with Gasteiger partial charge in [-0.3, -0.25) is 4.79 Å². The summed E-state index contributed by atoms with van der Waals surface area (Å²) in [5.74, 6) is -0.0157. The fourth-order valence-corrected chi connectivity index (χ4v) is 2.72. The van der Waals surface area contributed by atoms with Gasteiger partial charge in [0.15, 0.2) is 0 Å². The van der Waals surface area contributed by atoms with Gasteiger partial charge in [0.05, 0.1) is 18.2 Å². The molecule has 1 fully saturated rings. The molecule has 1 aromatic heterocycles. The molecular formula is C18H20N4O3. The number of nitrogens with one attached hydrogen (secondary N) is 1. The first-order valence-electron chi connectivity index (χ1n) is 8.24. The standard InChI is InChI=1S/C18H20N4O3/c1-25-17(24)13-5-7-15(8-6-13)21-18-19-11-14(12-20-18)16(23)22-9-3-2-4-10-22/h5-8,11-12H,2-4,9-10H2,1H3,(H,19,20,21). The van der Waals surface area contributed by atoms with Gasteiger partial charge in [0.1, 0.15) is 0 Å². The van der Waals surface area contributed by atoms with E-state index in [-0.39, 0.29) is 11.9 Å². The summed E-state index contributed by atoms with van der Waals surface area (Å²) in [6, 6.07) is 6.79. The normalized spacial score (nSPS) is 14.0. The third-order valence-electron chi connectivity index (χ3n) is 4.10. The molecule has 7 nitrogen and oxygen atoms in total. The first-order chi connectivity index (χ1) is 12.2. The van der Waals surface area contributed by atoms with Gasteiger partial charge < -0.3 is 15.0 Å². The number of benzene rings is 1. The molecule has 0 bridgehead atoms. The number of hydrogen-bond acceptors (Lipinski definition) is 6. The minimum atomic E-state index is -0.386. The van der Waals surface area contributed by atoms with E-state index < -0.39 is 0 Å². The lowest BCUT2D eigenvalue weighted by molar-refractivity contribution is 0.0600. The number of carbonyl (C=O) groups is 2. The Kier molecular flexibility index (Phi) is 5.23. The van der Waals surface area contributed by atoms with Crippen LogP contribution in [-0.4, -0.2) is 46.9 Å². The number of hydrogen-bond donors (Lipinski definition) is 1. The summed E-state index contributed by atoms with van der Waals surface area (Å²) >= 11 is 0. The van der Waals surface area contributed by atoms with Crippen LogP contribution in [0.25, 0.3) is 0 Å². The summed E-state index contributed by atoms with van der Waals surface area (Å²) < 4.78 is 4.66. The van der Waals surface area contributed by atoms with E-state index in [1.807, 2.05) is 4.90 Å². The number of carbonyl (C=O) groups excluding carboxylic acids is 2. The quantitative estimate of drug-likeness (QED) is 0.861. The maximum atomic E-state index is 12.4. The molecular weight excluding hydrogens is 320 g/mol. The van der Waals surface area contributed by atoms with Crippen LogP contribution in [0.5, 0.6) is 0 Å². The van der Waals surface area contributed by atoms with E-state index >= 15 is 0 Å². The highest BCUT2D eigenvalue weighted by Crippen LogP contribution is 2.16. The molecule has 1 aromatic carbocycles. The Morgan fingerprint density at radius 3 is 2.24 bits per heavy atom. The number of nitrogens with zero attached hydrogens (tertiary/aromatic N) is 3. The lowest BCUT2D eigenvalue weighted by atomic mass is 10.1. The average Bonchev–Trinajstić information content (AvgIpc) is 2.68. The summed E-state index contributed by atoms with van der Waals surface area (Å²) in [5, 5.41) is 3.03. The first-order valence-corrected chi connectivity index (χ1v) is 8.24. The van der Waals surface area contributed by atoms with Crippen molar-refractivity contribution in [2.75, 3.05) is 25.5 Å². The number of rotatable bonds is 4. The third kappa shape index (κ3) is 4.12. The van der Waals surface area contributed by atoms with Crippen molar-refractivity contribution in [3.05, 3.63) is 47.8 Å². The van der Waals surface area contributed by atoms with E-state index in [2.05, 4.69) is 20.0 Å². The van der Waals surface area contributed by atoms with Gasteiger partial charge in [-0.1, -0.05) is 0 Å². The van der Waals surface area contributed by atoms with Crippen molar-refractivity contribution in [3.8, 4) is 0 Å². The molecule has 1 amide bonds. The highest BCUT2D eigenvalue weighted by Gasteiger charge is 2.18. The second kappa shape index (κ2) is 7.74. The topological polar surface area (TPSA) is 84.4 Å². The molecule has 0 unspecified atom stereocenters. The van der Waals surface area contributed by atoms with Gasteiger partial charge in [0.2, 0.25) is 5.95 Å². The monoisotopic (exact) mass is 340 g/mol. The van der Waals surface area contributed by atoms with Crippen molar-refractivity contribution in [1.29, 1.82) is 0 Å². The van der Waals surface area contributed by atoms with E-state index in [1.165, 1.54) is 25.9 Å². The van der Waals surface area contributed by atoms with Crippen LogP contribution < -0.4 is 5.32 Å². The van der Waals surface area contributed by atoms with Crippen molar-refractivity contribution >= 4 is 23.5 Å². The molecule has 0 aliphatic carbocycles. The number of methoxy groups -OCH3 is 1. The van der Waals surface area contributed by atoms with E-state index in [0.29, 0.717) is 17.1 Å². The molecule has 0 spiro atoms. The lowest BCUT2D eigenvalue weighted by Gasteiger charge is -2.26. The zero-order valence-electron chi connectivity index (χ0n) is 14.1.